The van der Waals surface area contributed by atoms with E-state index in [0.717, 1.165) is 11.8 Å². The normalized spacial score (nSPS) is 15.8. The second-order valence-corrected chi connectivity index (χ2v) is 7.06. The molecule has 140 valence electrons. The third-order valence-electron chi connectivity index (χ3n) is 5.15. The molecule has 1 heterocycles. The molecular weight excluding hydrogens is 342 g/mol. The molecule has 1 aliphatic rings. The number of rotatable bonds is 5. The number of carbonyl (C=O) groups is 3. The topological polar surface area (TPSA) is 63.7 Å². The predicted molar refractivity (Wildman–Crippen MR) is 102 cm³/mol. The number of amides is 1. The number of hydrogen-bond donors (Lipinski definition) is 0. The van der Waals surface area contributed by atoms with Crippen LogP contribution in [0.15, 0.2) is 54.6 Å². The summed E-state index contributed by atoms with van der Waals surface area (Å²) in [6.45, 7) is 2.78. The lowest BCUT2D eigenvalue weighted by molar-refractivity contribution is -0.133. The van der Waals surface area contributed by atoms with Gasteiger partial charge in [-0.25, -0.2) is 4.79 Å². The van der Waals surface area contributed by atoms with Gasteiger partial charge in [0.2, 0.25) is 5.91 Å². The molecule has 0 aliphatic carbocycles. The Hall–Kier alpha value is -2.95. The van der Waals surface area contributed by atoms with Crippen molar-refractivity contribution in [3.8, 4) is 5.75 Å². The van der Waals surface area contributed by atoms with Gasteiger partial charge in [0, 0.05) is 25.4 Å². The number of piperidine rings is 1. The van der Waals surface area contributed by atoms with Crippen LogP contribution in [0.25, 0.3) is 0 Å². The molecule has 0 aromatic heterocycles. The first kappa shape index (κ1) is 18.8. The summed E-state index contributed by atoms with van der Waals surface area (Å²) in [5, 5.41) is 0. The number of esters is 1. The van der Waals surface area contributed by atoms with Crippen LogP contribution < -0.4 is 4.74 Å². The van der Waals surface area contributed by atoms with Crippen LogP contribution in [-0.4, -0.2) is 36.2 Å². The maximum absolute atomic E-state index is 12.1. The first-order chi connectivity index (χ1) is 13.0. The zero-order chi connectivity index (χ0) is 19.3. The second-order valence-electron chi connectivity index (χ2n) is 7.06. The standard InChI is InChI=1S/C22H23NO4/c1-17(25)23-13-11-22(16-24,12-14-23)15-18-7-9-20(10-8-18)27-21(26)19-5-3-2-4-6-19/h2-10,16H,11-15H2,1H3. The Kier molecular flexibility index (Phi) is 5.69. The number of hydrogen-bond acceptors (Lipinski definition) is 4. The molecule has 0 saturated carbocycles. The van der Waals surface area contributed by atoms with E-state index in [0.29, 0.717) is 43.7 Å². The lowest BCUT2D eigenvalue weighted by atomic mass is 9.75. The lowest BCUT2D eigenvalue weighted by Gasteiger charge is -2.38. The molecule has 2 aromatic rings. The summed E-state index contributed by atoms with van der Waals surface area (Å²) in [5.41, 5.74) is 1.07. The molecule has 0 radical (unpaired) electrons. The molecule has 1 saturated heterocycles. The van der Waals surface area contributed by atoms with Gasteiger partial charge in [-0.2, -0.15) is 0 Å². The Bertz CT molecular complexity index is 806. The number of likely N-dealkylation sites (tertiary alicyclic amines) is 1. The van der Waals surface area contributed by atoms with Gasteiger partial charge >= 0.3 is 5.97 Å². The van der Waals surface area contributed by atoms with Crippen molar-refractivity contribution in [2.24, 2.45) is 5.41 Å². The van der Waals surface area contributed by atoms with Crippen LogP contribution in [0.1, 0.15) is 35.7 Å². The Labute approximate surface area is 158 Å². The summed E-state index contributed by atoms with van der Waals surface area (Å²) in [6, 6.07) is 16.1. The van der Waals surface area contributed by atoms with Crippen molar-refractivity contribution in [3.63, 3.8) is 0 Å². The van der Waals surface area contributed by atoms with Crippen LogP contribution in [0.5, 0.6) is 5.75 Å². The maximum Gasteiger partial charge on any atom is 0.343 e. The highest BCUT2D eigenvalue weighted by molar-refractivity contribution is 5.90. The average Bonchev–Trinajstić information content (AvgIpc) is 2.70. The van der Waals surface area contributed by atoms with Crippen molar-refractivity contribution in [1.29, 1.82) is 0 Å². The van der Waals surface area contributed by atoms with E-state index in [1.807, 2.05) is 18.2 Å². The van der Waals surface area contributed by atoms with Gasteiger partial charge in [-0.3, -0.25) is 4.79 Å². The van der Waals surface area contributed by atoms with Gasteiger partial charge in [0.15, 0.2) is 0 Å². The molecule has 2 aromatic carbocycles. The molecule has 0 bridgehead atoms. The fourth-order valence-corrected chi connectivity index (χ4v) is 3.43. The van der Waals surface area contributed by atoms with Crippen molar-refractivity contribution < 1.29 is 19.1 Å². The first-order valence-electron chi connectivity index (χ1n) is 9.09. The Morgan fingerprint density at radius 3 is 2.22 bits per heavy atom. The van der Waals surface area contributed by atoms with Crippen molar-refractivity contribution >= 4 is 18.2 Å². The van der Waals surface area contributed by atoms with E-state index >= 15 is 0 Å². The molecule has 27 heavy (non-hydrogen) atoms. The summed E-state index contributed by atoms with van der Waals surface area (Å²) in [5.74, 6) is 0.127. The van der Waals surface area contributed by atoms with Gasteiger partial charge in [0.1, 0.15) is 12.0 Å². The van der Waals surface area contributed by atoms with Crippen LogP contribution in [0, 0.1) is 5.41 Å². The summed E-state index contributed by atoms with van der Waals surface area (Å²) >= 11 is 0. The zero-order valence-electron chi connectivity index (χ0n) is 15.4. The quantitative estimate of drug-likeness (QED) is 0.463. The summed E-state index contributed by atoms with van der Waals surface area (Å²) in [4.78, 5) is 37.1. The Morgan fingerprint density at radius 1 is 1.04 bits per heavy atom. The number of nitrogens with zero attached hydrogens (tertiary/aromatic N) is 1. The highest BCUT2D eigenvalue weighted by Gasteiger charge is 2.35. The van der Waals surface area contributed by atoms with Gasteiger partial charge in [-0.15, -0.1) is 0 Å². The average molecular weight is 365 g/mol. The fraction of sp³-hybridized carbons (Fsp3) is 0.318. The summed E-state index contributed by atoms with van der Waals surface area (Å²) < 4.78 is 5.38. The molecule has 5 heteroatoms. The van der Waals surface area contributed by atoms with E-state index in [2.05, 4.69) is 0 Å². The van der Waals surface area contributed by atoms with Crippen molar-refractivity contribution in [2.75, 3.05) is 13.1 Å². The highest BCUT2D eigenvalue weighted by Crippen LogP contribution is 2.33. The summed E-state index contributed by atoms with van der Waals surface area (Å²) in [7, 11) is 0. The van der Waals surface area contributed by atoms with Gasteiger partial charge in [0.25, 0.3) is 0 Å². The molecule has 0 atom stereocenters. The van der Waals surface area contributed by atoms with Gasteiger partial charge in [0.05, 0.1) is 5.56 Å². The van der Waals surface area contributed by atoms with E-state index in [1.165, 1.54) is 0 Å². The minimum atomic E-state index is -0.436. The Balaban J connectivity index is 1.62. The van der Waals surface area contributed by atoms with Crippen LogP contribution in [-0.2, 0) is 16.0 Å². The molecule has 1 amide bonds. The van der Waals surface area contributed by atoms with Crippen molar-refractivity contribution in [2.45, 2.75) is 26.2 Å². The Morgan fingerprint density at radius 2 is 1.67 bits per heavy atom. The molecule has 1 fully saturated rings. The molecule has 3 rings (SSSR count). The molecule has 0 unspecified atom stereocenters. The minimum absolute atomic E-state index is 0.0547. The molecule has 0 N–H and O–H groups in total. The van der Waals surface area contributed by atoms with E-state index in [9.17, 15) is 14.4 Å². The summed E-state index contributed by atoms with van der Waals surface area (Å²) in [6.07, 6.45) is 2.99. The zero-order valence-corrected chi connectivity index (χ0v) is 15.4. The van der Waals surface area contributed by atoms with E-state index in [1.54, 1.807) is 48.2 Å². The lowest BCUT2D eigenvalue weighted by Crippen LogP contribution is -2.44. The number of carbonyl (C=O) groups excluding carboxylic acids is 3. The van der Waals surface area contributed by atoms with Crippen molar-refractivity contribution in [3.05, 3.63) is 65.7 Å². The van der Waals surface area contributed by atoms with E-state index < -0.39 is 11.4 Å². The predicted octanol–water partition coefficient (Wildman–Crippen LogP) is 3.28. The van der Waals surface area contributed by atoms with Gasteiger partial charge in [-0.1, -0.05) is 30.3 Å². The van der Waals surface area contributed by atoms with E-state index in [-0.39, 0.29) is 5.91 Å². The SMILES string of the molecule is CC(=O)N1CCC(C=O)(Cc2ccc(OC(=O)c3ccccc3)cc2)CC1. The third-order valence-corrected chi connectivity index (χ3v) is 5.15. The van der Waals surface area contributed by atoms with Gasteiger partial charge in [-0.05, 0) is 49.1 Å². The van der Waals surface area contributed by atoms with Gasteiger partial charge < -0.3 is 14.4 Å². The third kappa shape index (κ3) is 4.61. The number of aldehydes is 1. The second kappa shape index (κ2) is 8.16. The number of benzene rings is 2. The number of ether oxygens (including phenoxy) is 1. The fourth-order valence-electron chi connectivity index (χ4n) is 3.43. The molecule has 5 nitrogen and oxygen atoms in total. The highest BCUT2D eigenvalue weighted by atomic mass is 16.5. The van der Waals surface area contributed by atoms with Crippen LogP contribution in [0.3, 0.4) is 0 Å². The largest absolute Gasteiger partial charge is 0.423 e. The molecule has 1 aliphatic heterocycles. The first-order valence-corrected chi connectivity index (χ1v) is 9.09. The van der Waals surface area contributed by atoms with Crippen LogP contribution >= 0.6 is 0 Å². The smallest absolute Gasteiger partial charge is 0.343 e. The van der Waals surface area contributed by atoms with Crippen LogP contribution in [0.2, 0.25) is 0 Å². The molecular formula is C22H23NO4. The van der Waals surface area contributed by atoms with Crippen molar-refractivity contribution in [1.82, 2.24) is 4.90 Å². The van der Waals surface area contributed by atoms with E-state index in [4.69, 9.17) is 4.74 Å². The molecule has 0 spiro atoms. The van der Waals surface area contributed by atoms with Crippen LogP contribution in [0.4, 0.5) is 0 Å². The maximum atomic E-state index is 12.1. The monoisotopic (exact) mass is 365 g/mol. The minimum Gasteiger partial charge on any atom is -0.423 e.